The molecule has 2 aromatic rings. The third-order valence-corrected chi connectivity index (χ3v) is 5.65. The summed E-state index contributed by atoms with van der Waals surface area (Å²) in [6, 6.07) is 7.47. The Bertz CT molecular complexity index is 1060. The SMILES string of the molecule is COc1cccc2[nH]c(C(=O)N[C@H](C(=O)N[C@H](C#N)C[C@@H]3CCNC3=O)C(C)(C)C)cc12. The first-order chi connectivity index (χ1) is 15.1. The molecule has 0 unspecified atom stereocenters. The van der Waals surface area contributed by atoms with Gasteiger partial charge in [-0.25, -0.2) is 0 Å². The second kappa shape index (κ2) is 9.30. The number of rotatable bonds is 7. The smallest absolute Gasteiger partial charge is 0.268 e. The molecule has 1 aliphatic rings. The van der Waals surface area contributed by atoms with Crippen LogP contribution in [0.15, 0.2) is 24.3 Å². The second-order valence-corrected chi connectivity index (χ2v) is 9.08. The number of fused-ring (bicyclic) bond motifs is 1. The molecule has 1 aliphatic heterocycles. The van der Waals surface area contributed by atoms with Gasteiger partial charge in [0.05, 0.1) is 13.2 Å². The average Bonchev–Trinajstić information content (AvgIpc) is 3.36. The molecule has 0 bridgehead atoms. The van der Waals surface area contributed by atoms with Crippen molar-refractivity contribution in [1.29, 1.82) is 5.26 Å². The van der Waals surface area contributed by atoms with Gasteiger partial charge in [-0.3, -0.25) is 14.4 Å². The fourth-order valence-corrected chi connectivity index (χ4v) is 3.87. The zero-order valence-corrected chi connectivity index (χ0v) is 18.7. The van der Waals surface area contributed by atoms with E-state index in [0.717, 1.165) is 10.9 Å². The molecule has 3 atom stereocenters. The van der Waals surface area contributed by atoms with E-state index in [2.05, 4.69) is 27.0 Å². The molecule has 1 saturated heterocycles. The van der Waals surface area contributed by atoms with Gasteiger partial charge in [0.1, 0.15) is 23.5 Å². The Balaban J connectivity index is 1.74. The molecule has 1 fully saturated rings. The Kier molecular flexibility index (Phi) is 6.72. The van der Waals surface area contributed by atoms with Crippen molar-refractivity contribution < 1.29 is 19.1 Å². The number of H-pyrrole nitrogens is 1. The molecule has 2 heterocycles. The third-order valence-electron chi connectivity index (χ3n) is 5.65. The monoisotopic (exact) mass is 439 g/mol. The summed E-state index contributed by atoms with van der Waals surface area (Å²) in [4.78, 5) is 40.9. The van der Waals surface area contributed by atoms with E-state index in [1.165, 1.54) is 0 Å². The van der Waals surface area contributed by atoms with E-state index in [-0.39, 0.29) is 18.2 Å². The highest BCUT2D eigenvalue weighted by Gasteiger charge is 2.35. The van der Waals surface area contributed by atoms with Gasteiger partial charge in [-0.05, 0) is 36.5 Å². The normalized spacial score (nSPS) is 17.8. The van der Waals surface area contributed by atoms with Crippen molar-refractivity contribution in [2.24, 2.45) is 11.3 Å². The predicted molar refractivity (Wildman–Crippen MR) is 119 cm³/mol. The maximum absolute atomic E-state index is 13.0. The molecule has 4 N–H and O–H groups in total. The minimum atomic E-state index is -0.892. The molecule has 0 radical (unpaired) electrons. The van der Waals surface area contributed by atoms with Crippen molar-refractivity contribution in [2.45, 2.75) is 45.7 Å². The van der Waals surface area contributed by atoms with Crippen LogP contribution in [0.2, 0.25) is 0 Å². The third kappa shape index (κ3) is 5.02. The molecule has 9 nitrogen and oxygen atoms in total. The molecular formula is C23H29N5O4. The number of benzene rings is 1. The number of hydrogen-bond donors (Lipinski definition) is 4. The van der Waals surface area contributed by atoms with Gasteiger partial charge in [-0.2, -0.15) is 5.26 Å². The van der Waals surface area contributed by atoms with E-state index in [1.807, 2.05) is 32.9 Å². The largest absolute Gasteiger partial charge is 0.496 e. The zero-order valence-electron chi connectivity index (χ0n) is 18.7. The number of nitriles is 1. The van der Waals surface area contributed by atoms with Crippen LogP contribution in [-0.4, -0.2) is 48.4 Å². The van der Waals surface area contributed by atoms with E-state index >= 15 is 0 Å². The van der Waals surface area contributed by atoms with Crippen molar-refractivity contribution >= 4 is 28.6 Å². The van der Waals surface area contributed by atoms with Gasteiger partial charge >= 0.3 is 0 Å². The van der Waals surface area contributed by atoms with Crippen LogP contribution < -0.4 is 20.7 Å². The highest BCUT2D eigenvalue weighted by atomic mass is 16.5. The van der Waals surface area contributed by atoms with Crippen LogP contribution in [0.3, 0.4) is 0 Å². The summed E-state index contributed by atoms with van der Waals surface area (Å²) in [6.45, 7) is 6.07. The molecule has 3 rings (SSSR count). The summed E-state index contributed by atoms with van der Waals surface area (Å²) in [5, 5.41) is 18.5. The Morgan fingerprint density at radius 1 is 1.31 bits per heavy atom. The zero-order chi connectivity index (χ0) is 23.5. The van der Waals surface area contributed by atoms with E-state index in [0.29, 0.717) is 24.4 Å². The molecule has 0 saturated carbocycles. The summed E-state index contributed by atoms with van der Waals surface area (Å²) >= 11 is 0. The minimum Gasteiger partial charge on any atom is -0.496 e. The number of hydrogen-bond acceptors (Lipinski definition) is 5. The number of aromatic nitrogens is 1. The molecule has 9 heteroatoms. The van der Waals surface area contributed by atoms with Crippen molar-refractivity contribution in [2.75, 3.05) is 13.7 Å². The fourth-order valence-electron chi connectivity index (χ4n) is 3.87. The van der Waals surface area contributed by atoms with Crippen LogP contribution >= 0.6 is 0 Å². The summed E-state index contributed by atoms with van der Waals surface area (Å²) in [6.07, 6.45) is 0.872. The standard InChI is InChI=1S/C23H29N5O4/c1-23(2,3)19(22(31)26-14(12-24)10-13-8-9-25-20(13)29)28-21(30)17-11-15-16(27-17)6-5-7-18(15)32-4/h5-7,11,13-14,19,27H,8-10H2,1-4H3,(H,25,29)(H,26,31)(H,28,30)/t13-,14-,19+/m0/s1. The number of carbonyl (C=O) groups is 3. The predicted octanol–water partition coefficient (Wildman–Crippen LogP) is 1.86. The Hall–Kier alpha value is -3.54. The summed E-state index contributed by atoms with van der Waals surface area (Å²) < 4.78 is 5.34. The number of methoxy groups -OCH3 is 1. The van der Waals surface area contributed by atoms with Gasteiger partial charge in [0.2, 0.25) is 11.8 Å². The van der Waals surface area contributed by atoms with Crippen LogP contribution in [0.4, 0.5) is 0 Å². The van der Waals surface area contributed by atoms with Crippen LogP contribution in [0.25, 0.3) is 10.9 Å². The number of amides is 3. The lowest BCUT2D eigenvalue weighted by Crippen LogP contribution is -2.55. The van der Waals surface area contributed by atoms with Crippen LogP contribution in [0.1, 0.15) is 44.1 Å². The molecule has 1 aromatic heterocycles. The van der Waals surface area contributed by atoms with Crippen LogP contribution in [0.5, 0.6) is 5.75 Å². The number of aromatic amines is 1. The first kappa shape index (κ1) is 23.1. The average molecular weight is 440 g/mol. The van der Waals surface area contributed by atoms with Crippen LogP contribution in [-0.2, 0) is 9.59 Å². The Morgan fingerprint density at radius 3 is 2.66 bits per heavy atom. The van der Waals surface area contributed by atoms with Crippen molar-refractivity contribution in [3.63, 3.8) is 0 Å². The first-order valence-electron chi connectivity index (χ1n) is 10.6. The fraction of sp³-hybridized carbons (Fsp3) is 0.478. The maximum atomic E-state index is 13.0. The lowest BCUT2D eigenvalue weighted by atomic mass is 9.85. The second-order valence-electron chi connectivity index (χ2n) is 9.08. The molecule has 0 spiro atoms. The van der Waals surface area contributed by atoms with Gasteiger partial charge < -0.3 is 25.7 Å². The first-order valence-corrected chi connectivity index (χ1v) is 10.6. The number of ether oxygens (including phenoxy) is 1. The van der Waals surface area contributed by atoms with Gasteiger partial charge in [-0.1, -0.05) is 26.8 Å². The maximum Gasteiger partial charge on any atom is 0.268 e. The summed E-state index contributed by atoms with van der Waals surface area (Å²) in [5.41, 5.74) is 0.422. The summed E-state index contributed by atoms with van der Waals surface area (Å²) in [7, 11) is 1.56. The van der Waals surface area contributed by atoms with Crippen LogP contribution in [0, 0.1) is 22.7 Å². The van der Waals surface area contributed by atoms with E-state index in [4.69, 9.17) is 4.74 Å². The van der Waals surface area contributed by atoms with E-state index in [9.17, 15) is 19.6 Å². The summed E-state index contributed by atoms with van der Waals surface area (Å²) in [5.74, 6) is -0.680. The molecular weight excluding hydrogens is 410 g/mol. The number of carbonyl (C=O) groups excluding carboxylic acids is 3. The van der Waals surface area contributed by atoms with Gasteiger partial charge in [-0.15, -0.1) is 0 Å². The Labute approximate surface area is 186 Å². The highest BCUT2D eigenvalue weighted by Crippen LogP contribution is 2.27. The molecule has 32 heavy (non-hydrogen) atoms. The van der Waals surface area contributed by atoms with Crippen molar-refractivity contribution in [3.8, 4) is 11.8 Å². The number of nitrogens with one attached hydrogen (secondary N) is 4. The van der Waals surface area contributed by atoms with Gasteiger partial charge in [0.15, 0.2) is 0 Å². The molecule has 3 amide bonds. The van der Waals surface area contributed by atoms with Gasteiger partial charge in [0.25, 0.3) is 5.91 Å². The molecule has 170 valence electrons. The Morgan fingerprint density at radius 2 is 2.06 bits per heavy atom. The van der Waals surface area contributed by atoms with Crippen molar-refractivity contribution in [1.82, 2.24) is 20.9 Å². The molecule has 0 aliphatic carbocycles. The lowest BCUT2D eigenvalue weighted by Gasteiger charge is -2.31. The minimum absolute atomic E-state index is 0.102. The highest BCUT2D eigenvalue weighted by molar-refractivity contribution is 6.01. The lowest BCUT2D eigenvalue weighted by molar-refractivity contribution is -0.127. The topological polar surface area (TPSA) is 136 Å². The molecule has 1 aromatic carbocycles. The quantitative estimate of drug-likeness (QED) is 0.522. The van der Waals surface area contributed by atoms with E-state index in [1.54, 1.807) is 19.2 Å². The number of nitrogens with zero attached hydrogens (tertiary/aromatic N) is 1. The van der Waals surface area contributed by atoms with Crippen molar-refractivity contribution in [3.05, 3.63) is 30.0 Å². The van der Waals surface area contributed by atoms with Gasteiger partial charge in [0, 0.05) is 23.4 Å². The van der Waals surface area contributed by atoms with E-state index < -0.39 is 29.3 Å².